The number of rotatable bonds is 2. The minimum Gasteiger partial charge on any atom is -0.346 e. The number of hydrogen-bond donors (Lipinski definition) is 3. The quantitative estimate of drug-likeness (QED) is 0.387. The predicted octanol–water partition coefficient (Wildman–Crippen LogP) is 3.64. The van der Waals surface area contributed by atoms with E-state index in [1.165, 1.54) is 12.7 Å². The lowest BCUT2D eigenvalue weighted by atomic mass is 10.2. The van der Waals surface area contributed by atoms with E-state index in [9.17, 15) is 0 Å². The van der Waals surface area contributed by atoms with Gasteiger partial charge in [0.25, 0.3) is 0 Å². The second kappa shape index (κ2) is 7.28. The minimum absolute atomic E-state index is 0.492. The van der Waals surface area contributed by atoms with Crippen molar-refractivity contribution in [3.8, 4) is 0 Å². The zero-order valence-electron chi connectivity index (χ0n) is 15.0. The Balaban J connectivity index is 0.000000153. The maximum Gasteiger partial charge on any atom is 0.144 e. The number of aromatic nitrogens is 7. The number of fused-ring (bicyclic) bond motifs is 3. The maximum atomic E-state index is 5.73. The van der Waals surface area contributed by atoms with Gasteiger partial charge in [-0.1, -0.05) is 11.6 Å². The fourth-order valence-electron chi connectivity index (χ4n) is 3.00. The van der Waals surface area contributed by atoms with Gasteiger partial charge in [0.15, 0.2) is 0 Å². The monoisotopic (exact) mass is 403 g/mol. The first-order valence-electron chi connectivity index (χ1n) is 8.75. The molecule has 0 aromatic carbocycles. The van der Waals surface area contributed by atoms with Crippen LogP contribution in [0.3, 0.4) is 0 Å². The molecule has 142 valence electrons. The van der Waals surface area contributed by atoms with E-state index in [2.05, 4.69) is 45.2 Å². The minimum atomic E-state index is 0.492. The Bertz CT molecular complexity index is 1340. The highest BCUT2D eigenvalue weighted by molar-refractivity contribution is 6.33. The summed E-state index contributed by atoms with van der Waals surface area (Å²) in [6, 6.07) is 5.76. The number of H-pyrrole nitrogens is 2. The van der Waals surface area contributed by atoms with Gasteiger partial charge in [-0.15, -0.1) is 0 Å². The van der Waals surface area contributed by atoms with Crippen molar-refractivity contribution in [3.63, 3.8) is 0 Å². The fourth-order valence-corrected chi connectivity index (χ4v) is 3.19. The fraction of sp³-hybridized carbons (Fsp3) is 0.0526. The molecular formula is C19H14ClN9. The van der Waals surface area contributed by atoms with Crippen molar-refractivity contribution >= 4 is 51.5 Å². The van der Waals surface area contributed by atoms with Gasteiger partial charge in [0.2, 0.25) is 0 Å². The molecule has 3 N–H and O–H groups in total. The first-order valence-corrected chi connectivity index (χ1v) is 9.13. The molecule has 10 heteroatoms. The SMILES string of the molecule is C1=NCc2cnc(Nc3ncnc4[nH]ccc34)cc21.Clc1ncnc2[nH]ccc12. The van der Waals surface area contributed by atoms with Gasteiger partial charge < -0.3 is 15.3 Å². The summed E-state index contributed by atoms with van der Waals surface area (Å²) in [5.41, 5.74) is 3.84. The highest BCUT2D eigenvalue weighted by Gasteiger charge is 2.10. The highest BCUT2D eigenvalue weighted by atomic mass is 35.5. The zero-order valence-corrected chi connectivity index (χ0v) is 15.7. The van der Waals surface area contributed by atoms with Gasteiger partial charge in [-0.25, -0.2) is 24.9 Å². The van der Waals surface area contributed by atoms with Crippen molar-refractivity contribution in [2.75, 3.05) is 5.32 Å². The van der Waals surface area contributed by atoms with Crippen LogP contribution in [0, 0.1) is 0 Å². The van der Waals surface area contributed by atoms with Crippen LogP contribution in [0.2, 0.25) is 5.15 Å². The number of aliphatic imine (C=N–C) groups is 1. The van der Waals surface area contributed by atoms with Crippen LogP contribution in [0.4, 0.5) is 11.6 Å². The standard InChI is InChI=1S/C13H10N6.C6H4ClN3/c1-2-15-12-10(1)13(18-7-17-12)19-11-3-8-4-14-5-9(8)6-16-11;7-5-4-1-2-8-6(4)10-3-9-5/h1-4,6-7H,5H2,(H2,15,16,17,18,19);1-3H,(H,8,9,10). The molecule has 0 fully saturated rings. The average molecular weight is 404 g/mol. The van der Waals surface area contributed by atoms with E-state index in [-0.39, 0.29) is 0 Å². The topological polar surface area (TPSA) is 120 Å². The number of anilines is 2. The lowest BCUT2D eigenvalue weighted by molar-refractivity contribution is 1.08. The molecule has 0 saturated carbocycles. The third-order valence-electron chi connectivity index (χ3n) is 4.42. The molecule has 0 unspecified atom stereocenters. The molecule has 5 aromatic heterocycles. The van der Waals surface area contributed by atoms with E-state index >= 15 is 0 Å². The Hall–Kier alpha value is -3.85. The van der Waals surface area contributed by atoms with Crippen LogP contribution in [0.25, 0.3) is 22.1 Å². The van der Waals surface area contributed by atoms with E-state index in [0.29, 0.717) is 5.15 Å². The van der Waals surface area contributed by atoms with Crippen molar-refractivity contribution in [1.29, 1.82) is 0 Å². The number of aromatic amines is 2. The van der Waals surface area contributed by atoms with Gasteiger partial charge in [0.1, 0.15) is 40.7 Å². The van der Waals surface area contributed by atoms with Crippen LogP contribution in [0.1, 0.15) is 11.1 Å². The molecule has 0 atom stereocenters. The van der Waals surface area contributed by atoms with Crippen molar-refractivity contribution < 1.29 is 0 Å². The van der Waals surface area contributed by atoms with Crippen LogP contribution >= 0.6 is 11.6 Å². The number of halogens is 1. The molecule has 5 aromatic rings. The summed E-state index contributed by atoms with van der Waals surface area (Å²) in [5, 5.41) is 5.52. The Morgan fingerprint density at radius 3 is 2.48 bits per heavy atom. The van der Waals surface area contributed by atoms with E-state index in [4.69, 9.17) is 11.6 Å². The molecule has 1 aliphatic heterocycles. The summed E-state index contributed by atoms with van der Waals surface area (Å²) in [6.45, 7) is 0.720. The number of nitrogens with zero attached hydrogens (tertiary/aromatic N) is 6. The molecule has 1 aliphatic rings. The zero-order chi connectivity index (χ0) is 19.6. The van der Waals surface area contributed by atoms with Gasteiger partial charge in [-0.05, 0) is 18.2 Å². The molecule has 0 bridgehead atoms. The van der Waals surface area contributed by atoms with Gasteiger partial charge in [-0.3, -0.25) is 4.99 Å². The van der Waals surface area contributed by atoms with Crippen LogP contribution in [0.5, 0.6) is 0 Å². The van der Waals surface area contributed by atoms with Crippen LogP contribution in [-0.4, -0.2) is 41.1 Å². The van der Waals surface area contributed by atoms with Gasteiger partial charge in [0.05, 0.1) is 17.3 Å². The summed E-state index contributed by atoms with van der Waals surface area (Å²) >= 11 is 5.73. The summed E-state index contributed by atoms with van der Waals surface area (Å²) < 4.78 is 0. The maximum absolute atomic E-state index is 5.73. The Morgan fingerprint density at radius 2 is 1.66 bits per heavy atom. The van der Waals surface area contributed by atoms with Crippen molar-refractivity contribution in [2.45, 2.75) is 6.54 Å². The molecule has 0 radical (unpaired) electrons. The molecule has 0 saturated heterocycles. The van der Waals surface area contributed by atoms with Crippen molar-refractivity contribution in [2.24, 2.45) is 4.99 Å². The number of hydrogen-bond acceptors (Lipinski definition) is 7. The van der Waals surface area contributed by atoms with Gasteiger partial charge in [-0.2, -0.15) is 0 Å². The summed E-state index contributed by atoms with van der Waals surface area (Å²) in [7, 11) is 0. The number of nitrogens with one attached hydrogen (secondary N) is 3. The Morgan fingerprint density at radius 1 is 0.897 bits per heavy atom. The average Bonchev–Trinajstić information content (AvgIpc) is 3.49. The van der Waals surface area contributed by atoms with E-state index in [1.807, 2.05) is 36.8 Å². The largest absolute Gasteiger partial charge is 0.346 e. The predicted molar refractivity (Wildman–Crippen MR) is 112 cm³/mol. The first kappa shape index (κ1) is 17.3. The second-order valence-electron chi connectivity index (χ2n) is 6.23. The van der Waals surface area contributed by atoms with E-state index in [0.717, 1.165) is 51.4 Å². The van der Waals surface area contributed by atoms with Gasteiger partial charge in [0, 0.05) is 35.9 Å². The van der Waals surface area contributed by atoms with Crippen LogP contribution < -0.4 is 5.32 Å². The highest BCUT2D eigenvalue weighted by Crippen LogP contribution is 2.23. The first-order chi connectivity index (χ1) is 14.3. The summed E-state index contributed by atoms with van der Waals surface area (Å²) in [6.07, 6.45) is 10.3. The third-order valence-corrected chi connectivity index (χ3v) is 4.72. The number of pyridine rings is 1. The molecule has 6 heterocycles. The normalized spacial score (nSPS) is 12.0. The molecule has 6 rings (SSSR count). The van der Waals surface area contributed by atoms with Crippen molar-refractivity contribution in [3.05, 3.63) is 65.7 Å². The molecule has 9 nitrogen and oxygen atoms in total. The van der Waals surface area contributed by atoms with Crippen LogP contribution in [-0.2, 0) is 6.54 Å². The lowest BCUT2D eigenvalue weighted by Gasteiger charge is -2.06. The van der Waals surface area contributed by atoms with E-state index < -0.39 is 0 Å². The molecular weight excluding hydrogens is 390 g/mol. The molecule has 0 amide bonds. The van der Waals surface area contributed by atoms with Gasteiger partial charge >= 0.3 is 0 Å². The molecule has 29 heavy (non-hydrogen) atoms. The molecule has 0 aliphatic carbocycles. The van der Waals surface area contributed by atoms with Crippen molar-refractivity contribution in [1.82, 2.24) is 34.9 Å². The summed E-state index contributed by atoms with van der Waals surface area (Å²) in [5.74, 6) is 1.50. The molecule has 0 spiro atoms. The lowest BCUT2D eigenvalue weighted by Crippen LogP contribution is -1.99. The Kier molecular flexibility index (Phi) is 4.34. The summed E-state index contributed by atoms with van der Waals surface area (Å²) in [4.78, 5) is 30.7. The smallest absolute Gasteiger partial charge is 0.144 e. The van der Waals surface area contributed by atoms with Crippen LogP contribution in [0.15, 0.2) is 54.4 Å². The third kappa shape index (κ3) is 3.39. The second-order valence-corrected chi connectivity index (χ2v) is 6.59. The Labute approximate surface area is 169 Å². The van der Waals surface area contributed by atoms with E-state index in [1.54, 1.807) is 6.20 Å².